The molecule has 0 aliphatic heterocycles. The number of nitrogens with one attached hydrogen (secondary N) is 1. The predicted octanol–water partition coefficient (Wildman–Crippen LogP) is 2.95. The van der Waals surface area contributed by atoms with Gasteiger partial charge in [-0.3, -0.25) is 0 Å². The molecule has 0 amide bonds. The first kappa shape index (κ1) is 13.6. The van der Waals surface area contributed by atoms with E-state index in [1.807, 2.05) is 0 Å². The fourth-order valence-electron chi connectivity index (χ4n) is 2.74. The molecule has 1 aliphatic carbocycles. The van der Waals surface area contributed by atoms with E-state index < -0.39 is 0 Å². The Morgan fingerprint density at radius 1 is 1.28 bits per heavy atom. The summed E-state index contributed by atoms with van der Waals surface area (Å²) < 4.78 is 0. The summed E-state index contributed by atoms with van der Waals surface area (Å²) in [5, 5.41) is 13.1. The van der Waals surface area contributed by atoms with Gasteiger partial charge in [0.15, 0.2) is 0 Å². The number of hydrogen-bond donors (Lipinski definition) is 2. The Hall–Kier alpha value is -0.860. The summed E-state index contributed by atoms with van der Waals surface area (Å²) in [5.41, 5.74) is 5.46. The van der Waals surface area contributed by atoms with E-state index in [2.05, 4.69) is 31.3 Å². The Labute approximate surface area is 110 Å². The van der Waals surface area contributed by atoms with Gasteiger partial charge in [0.05, 0.1) is 6.61 Å². The van der Waals surface area contributed by atoms with E-state index in [0.717, 1.165) is 18.5 Å². The molecule has 2 N–H and O–H groups in total. The maximum absolute atomic E-state index is 9.51. The van der Waals surface area contributed by atoms with Crippen LogP contribution >= 0.6 is 0 Å². The summed E-state index contributed by atoms with van der Waals surface area (Å²) in [4.78, 5) is 0. The first-order chi connectivity index (χ1) is 8.76. The molecule has 2 heteroatoms. The summed E-state index contributed by atoms with van der Waals surface area (Å²) in [5.74, 6) is 0. The van der Waals surface area contributed by atoms with E-state index in [1.165, 1.54) is 42.4 Å². The van der Waals surface area contributed by atoms with E-state index in [9.17, 15) is 5.11 Å². The SMILES string of the molecule is CCC(C)NCc1c(CO)ccc2c1CCCC2. The standard InChI is InChI=1S/C16H25NO/c1-3-12(2)17-10-16-14(11-18)9-8-13-6-4-5-7-15(13)16/h8-9,12,17-18H,3-7,10-11H2,1-2H3. The van der Waals surface area contributed by atoms with Crippen LogP contribution in [0.4, 0.5) is 0 Å². The molecule has 100 valence electrons. The predicted molar refractivity (Wildman–Crippen MR) is 75.6 cm³/mol. The zero-order chi connectivity index (χ0) is 13.0. The van der Waals surface area contributed by atoms with Gasteiger partial charge in [0.2, 0.25) is 0 Å². The molecule has 0 radical (unpaired) electrons. The summed E-state index contributed by atoms with van der Waals surface area (Å²) >= 11 is 0. The maximum atomic E-state index is 9.51. The lowest BCUT2D eigenvalue weighted by atomic mass is 9.86. The molecule has 0 saturated carbocycles. The van der Waals surface area contributed by atoms with Gasteiger partial charge in [-0.05, 0) is 61.3 Å². The molecule has 1 aromatic rings. The van der Waals surface area contributed by atoms with Crippen LogP contribution in [0.5, 0.6) is 0 Å². The highest BCUT2D eigenvalue weighted by Crippen LogP contribution is 2.27. The Kier molecular flexibility index (Phi) is 4.79. The molecule has 18 heavy (non-hydrogen) atoms. The molecular weight excluding hydrogens is 222 g/mol. The van der Waals surface area contributed by atoms with E-state index in [1.54, 1.807) is 0 Å². The highest BCUT2D eigenvalue weighted by Gasteiger charge is 2.16. The lowest BCUT2D eigenvalue weighted by Crippen LogP contribution is -2.26. The monoisotopic (exact) mass is 247 g/mol. The first-order valence-electron chi connectivity index (χ1n) is 7.23. The molecule has 1 atom stereocenters. The van der Waals surface area contributed by atoms with Gasteiger partial charge in [-0.15, -0.1) is 0 Å². The number of fused-ring (bicyclic) bond motifs is 1. The molecule has 0 heterocycles. The van der Waals surface area contributed by atoms with Crippen LogP contribution in [-0.4, -0.2) is 11.1 Å². The molecule has 0 aromatic heterocycles. The van der Waals surface area contributed by atoms with Gasteiger partial charge in [-0.1, -0.05) is 19.1 Å². The fourth-order valence-corrected chi connectivity index (χ4v) is 2.74. The molecule has 1 aliphatic rings. The Balaban J connectivity index is 2.24. The normalized spacial score (nSPS) is 16.4. The van der Waals surface area contributed by atoms with Crippen LogP contribution in [0.15, 0.2) is 12.1 Å². The Morgan fingerprint density at radius 3 is 2.78 bits per heavy atom. The van der Waals surface area contributed by atoms with Crippen molar-refractivity contribution in [2.45, 2.75) is 65.1 Å². The third kappa shape index (κ3) is 2.93. The summed E-state index contributed by atoms with van der Waals surface area (Å²) in [6.07, 6.45) is 6.13. The lowest BCUT2D eigenvalue weighted by Gasteiger charge is -2.23. The van der Waals surface area contributed by atoms with Gasteiger partial charge in [-0.2, -0.15) is 0 Å². The highest BCUT2D eigenvalue weighted by atomic mass is 16.3. The van der Waals surface area contributed by atoms with Crippen molar-refractivity contribution in [2.24, 2.45) is 0 Å². The van der Waals surface area contributed by atoms with Crippen molar-refractivity contribution in [3.63, 3.8) is 0 Å². The van der Waals surface area contributed by atoms with E-state index in [0.29, 0.717) is 6.04 Å². The summed E-state index contributed by atoms with van der Waals surface area (Å²) in [7, 11) is 0. The van der Waals surface area contributed by atoms with Crippen LogP contribution in [0.3, 0.4) is 0 Å². The second kappa shape index (κ2) is 6.35. The van der Waals surface area contributed by atoms with Crippen molar-refractivity contribution in [1.82, 2.24) is 5.32 Å². The molecule has 1 unspecified atom stereocenters. The minimum Gasteiger partial charge on any atom is -0.392 e. The van der Waals surface area contributed by atoms with E-state index in [4.69, 9.17) is 0 Å². The van der Waals surface area contributed by atoms with Gasteiger partial charge in [0, 0.05) is 12.6 Å². The molecule has 1 aromatic carbocycles. The molecule has 2 nitrogen and oxygen atoms in total. The second-order valence-electron chi connectivity index (χ2n) is 5.40. The zero-order valence-corrected chi connectivity index (χ0v) is 11.6. The molecular formula is C16H25NO. The number of benzene rings is 1. The van der Waals surface area contributed by atoms with Crippen LogP contribution in [0.2, 0.25) is 0 Å². The quantitative estimate of drug-likeness (QED) is 0.838. The number of rotatable bonds is 5. The topological polar surface area (TPSA) is 32.3 Å². The average molecular weight is 247 g/mol. The van der Waals surface area contributed by atoms with Crippen LogP contribution in [0.25, 0.3) is 0 Å². The minimum absolute atomic E-state index is 0.158. The van der Waals surface area contributed by atoms with Crippen molar-refractivity contribution in [3.8, 4) is 0 Å². The molecule has 0 saturated heterocycles. The van der Waals surface area contributed by atoms with Gasteiger partial charge in [-0.25, -0.2) is 0 Å². The van der Waals surface area contributed by atoms with Crippen molar-refractivity contribution >= 4 is 0 Å². The summed E-state index contributed by atoms with van der Waals surface area (Å²) in [6, 6.07) is 4.86. The smallest absolute Gasteiger partial charge is 0.0685 e. The first-order valence-corrected chi connectivity index (χ1v) is 7.23. The van der Waals surface area contributed by atoms with Crippen molar-refractivity contribution in [3.05, 3.63) is 34.4 Å². The van der Waals surface area contributed by atoms with Crippen LogP contribution < -0.4 is 5.32 Å². The second-order valence-corrected chi connectivity index (χ2v) is 5.40. The summed E-state index contributed by atoms with van der Waals surface area (Å²) in [6.45, 7) is 5.47. The molecule has 2 rings (SSSR count). The third-order valence-corrected chi connectivity index (χ3v) is 4.16. The van der Waals surface area contributed by atoms with Gasteiger partial charge in [0.25, 0.3) is 0 Å². The molecule has 0 spiro atoms. The minimum atomic E-state index is 0.158. The number of aliphatic hydroxyl groups excluding tert-OH is 1. The third-order valence-electron chi connectivity index (χ3n) is 4.16. The van der Waals surface area contributed by atoms with Crippen LogP contribution in [0, 0.1) is 0 Å². The average Bonchev–Trinajstić information content (AvgIpc) is 2.44. The van der Waals surface area contributed by atoms with Crippen LogP contribution in [0.1, 0.15) is 55.4 Å². The maximum Gasteiger partial charge on any atom is 0.0685 e. The van der Waals surface area contributed by atoms with Crippen molar-refractivity contribution in [2.75, 3.05) is 0 Å². The Morgan fingerprint density at radius 2 is 2.06 bits per heavy atom. The van der Waals surface area contributed by atoms with Gasteiger partial charge in [0.1, 0.15) is 0 Å². The highest BCUT2D eigenvalue weighted by molar-refractivity contribution is 5.42. The van der Waals surface area contributed by atoms with Crippen molar-refractivity contribution < 1.29 is 5.11 Å². The number of aryl methyl sites for hydroxylation is 1. The zero-order valence-electron chi connectivity index (χ0n) is 11.6. The largest absolute Gasteiger partial charge is 0.392 e. The number of aliphatic hydroxyl groups is 1. The lowest BCUT2D eigenvalue weighted by molar-refractivity contribution is 0.280. The van der Waals surface area contributed by atoms with Crippen molar-refractivity contribution in [1.29, 1.82) is 0 Å². The number of hydrogen-bond acceptors (Lipinski definition) is 2. The molecule has 0 bridgehead atoms. The van der Waals surface area contributed by atoms with Gasteiger partial charge >= 0.3 is 0 Å². The molecule has 0 fully saturated rings. The van der Waals surface area contributed by atoms with Crippen LogP contribution in [-0.2, 0) is 26.0 Å². The van der Waals surface area contributed by atoms with E-state index in [-0.39, 0.29) is 6.61 Å². The van der Waals surface area contributed by atoms with Gasteiger partial charge < -0.3 is 10.4 Å². The Bertz CT molecular complexity index is 400. The fraction of sp³-hybridized carbons (Fsp3) is 0.625. The van der Waals surface area contributed by atoms with E-state index >= 15 is 0 Å².